The van der Waals surface area contributed by atoms with Crippen molar-refractivity contribution >= 4 is 23.3 Å². The number of nitrogens with zero attached hydrogens (tertiary/aromatic N) is 3. The Morgan fingerprint density at radius 1 is 1.60 bits per heavy atom. The van der Waals surface area contributed by atoms with Gasteiger partial charge in [-0.2, -0.15) is 5.26 Å². The highest BCUT2D eigenvalue weighted by Crippen LogP contribution is 2.10. The fraction of sp³-hybridized carbons (Fsp3) is 0.385. The summed E-state index contributed by atoms with van der Waals surface area (Å²) in [6, 6.07) is 3.43. The number of pyridine rings is 1. The van der Waals surface area contributed by atoms with Gasteiger partial charge >= 0.3 is 0 Å². The van der Waals surface area contributed by atoms with Crippen molar-refractivity contribution in [1.29, 1.82) is 5.26 Å². The molecule has 104 valence electrons. The van der Waals surface area contributed by atoms with Gasteiger partial charge in [0.05, 0.1) is 0 Å². The van der Waals surface area contributed by atoms with Crippen LogP contribution in [0.3, 0.4) is 0 Å². The topological polar surface area (TPSA) is 83.7 Å². The molecule has 0 aliphatic carbocycles. The van der Waals surface area contributed by atoms with Crippen molar-refractivity contribution in [3.63, 3.8) is 0 Å². The third-order valence-electron chi connectivity index (χ3n) is 2.86. The van der Waals surface area contributed by atoms with E-state index in [4.69, 9.17) is 22.2 Å². The van der Waals surface area contributed by atoms with E-state index in [9.17, 15) is 4.79 Å². The van der Waals surface area contributed by atoms with E-state index in [-0.39, 0.29) is 11.1 Å². The molecular weight excluding hydrogens is 276 g/mol. The fourth-order valence-electron chi connectivity index (χ4n) is 1.95. The number of rotatable bonds is 5. The molecule has 0 radical (unpaired) electrons. The van der Waals surface area contributed by atoms with Crippen molar-refractivity contribution in [3.05, 3.63) is 33.0 Å². The second kappa shape index (κ2) is 6.41. The average molecular weight is 290 g/mol. The number of aromatic amines is 1. The number of aromatic nitrogens is 3. The molecule has 0 aromatic carbocycles. The van der Waals surface area contributed by atoms with Gasteiger partial charge in [0.15, 0.2) is 4.77 Å². The quantitative estimate of drug-likeness (QED) is 0.670. The Morgan fingerprint density at radius 2 is 2.40 bits per heavy atom. The maximum Gasteiger partial charge on any atom is 0.270 e. The number of hydrogen-bond donors (Lipinski definition) is 1. The van der Waals surface area contributed by atoms with E-state index >= 15 is 0 Å². The summed E-state index contributed by atoms with van der Waals surface area (Å²) in [7, 11) is 0. The van der Waals surface area contributed by atoms with Crippen LogP contribution < -0.4 is 5.56 Å². The molecule has 20 heavy (non-hydrogen) atoms. The van der Waals surface area contributed by atoms with E-state index in [0.717, 1.165) is 0 Å². The van der Waals surface area contributed by atoms with Crippen LogP contribution in [0.4, 0.5) is 0 Å². The van der Waals surface area contributed by atoms with Crippen molar-refractivity contribution in [3.8, 4) is 6.07 Å². The van der Waals surface area contributed by atoms with Crippen molar-refractivity contribution in [2.75, 3.05) is 13.2 Å². The second-order valence-corrected chi connectivity index (χ2v) is 4.56. The van der Waals surface area contributed by atoms with Crippen LogP contribution in [0.25, 0.3) is 11.0 Å². The maximum absolute atomic E-state index is 12.2. The van der Waals surface area contributed by atoms with Crippen LogP contribution in [-0.2, 0) is 11.3 Å². The zero-order valence-electron chi connectivity index (χ0n) is 11.0. The summed E-state index contributed by atoms with van der Waals surface area (Å²) in [6.45, 7) is 3.58. The summed E-state index contributed by atoms with van der Waals surface area (Å²) >= 11 is 4.99. The molecule has 0 atom stereocenters. The van der Waals surface area contributed by atoms with Gasteiger partial charge in [-0.15, -0.1) is 0 Å². The first-order valence-corrected chi connectivity index (χ1v) is 6.69. The lowest BCUT2D eigenvalue weighted by Gasteiger charge is -2.10. The van der Waals surface area contributed by atoms with Crippen LogP contribution in [0.2, 0.25) is 0 Å². The average Bonchev–Trinajstić information content (AvgIpc) is 2.45. The smallest absolute Gasteiger partial charge is 0.270 e. The predicted molar refractivity (Wildman–Crippen MR) is 77.0 cm³/mol. The van der Waals surface area contributed by atoms with Crippen LogP contribution in [0.15, 0.2) is 17.1 Å². The van der Waals surface area contributed by atoms with E-state index in [1.165, 1.54) is 10.6 Å². The number of nitriles is 1. The third-order valence-corrected chi connectivity index (χ3v) is 3.07. The second-order valence-electron chi connectivity index (χ2n) is 4.17. The molecular formula is C13H14N4O2S. The molecule has 0 saturated heterocycles. The van der Waals surface area contributed by atoms with Crippen LogP contribution in [0, 0.1) is 16.1 Å². The monoisotopic (exact) mass is 290 g/mol. The number of hydrogen-bond acceptors (Lipinski definition) is 5. The van der Waals surface area contributed by atoms with E-state index in [1.54, 1.807) is 6.20 Å². The molecule has 0 amide bonds. The molecule has 1 N–H and O–H groups in total. The molecule has 0 spiro atoms. The molecule has 0 unspecified atom stereocenters. The molecule has 2 rings (SSSR count). The molecule has 0 saturated carbocycles. The van der Waals surface area contributed by atoms with Gasteiger partial charge in [-0.3, -0.25) is 9.36 Å². The standard InChI is InChI=1S/C13H14N4O2S/c1-2-19-5-3-4-17-11-10(8-15-13(20)16-11)6-9(7-14)12(17)18/h6,8H,2-5H2,1H3,(H,15,16,20). The summed E-state index contributed by atoms with van der Waals surface area (Å²) in [5.74, 6) is 0. The van der Waals surface area contributed by atoms with Crippen molar-refractivity contribution in [2.24, 2.45) is 0 Å². The molecule has 2 aromatic rings. The molecule has 0 aliphatic rings. The minimum absolute atomic E-state index is 0.0984. The first-order chi connectivity index (χ1) is 9.67. The van der Waals surface area contributed by atoms with Crippen LogP contribution in [-0.4, -0.2) is 27.7 Å². The van der Waals surface area contributed by atoms with E-state index in [0.29, 0.717) is 42.0 Å². The highest BCUT2D eigenvalue weighted by atomic mass is 32.1. The van der Waals surface area contributed by atoms with Gasteiger partial charge < -0.3 is 9.72 Å². The van der Waals surface area contributed by atoms with Crippen LogP contribution in [0.1, 0.15) is 18.9 Å². The van der Waals surface area contributed by atoms with E-state index in [1.807, 2.05) is 13.0 Å². The molecule has 2 heterocycles. The minimum Gasteiger partial charge on any atom is -0.382 e. The predicted octanol–water partition coefficient (Wildman–Crippen LogP) is 1.75. The Kier molecular flexibility index (Phi) is 4.61. The summed E-state index contributed by atoms with van der Waals surface area (Å²) in [5, 5.41) is 9.71. The molecule has 0 bridgehead atoms. The lowest BCUT2D eigenvalue weighted by atomic mass is 10.2. The molecule has 7 heteroatoms. The first-order valence-electron chi connectivity index (χ1n) is 6.28. The van der Waals surface area contributed by atoms with Gasteiger partial charge in [-0.05, 0) is 31.6 Å². The lowest BCUT2D eigenvalue weighted by molar-refractivity contribution is 0.141. The van der Waals surface area contributed by atoms with Gasteiger partial charge in [0.2, 0.25) is 0 Å². The van der Waals surface area contributed by atoms with Gasteiger partial charge in [0.1, 0.15) is 17.3 Å². The highest BCUT2D eigenvalue weighted by molar-refractivity contribution is 7.71. The summed E-state index contributed by atoms with van der Waals surface area (Å²) in [6.07, 6.45) is 2.24. The van der Waals surface area contributed by atoms with Crippen LogP contribution >= 0.6 is 12.2 Å². The molecule has 0 aliphatic heterocycles. The third kappa shape index (κ3) is 2.92. The summed E-state index contributed by atoms with van der Waals surface area (Å²) in [4.78, 5) is 19.1. The minimum atomic E-state index is -0.326. The lowest BCUT2D eigenvalue weighted by Crippen LogP contribution is -2.24. The fourth-order valence-corrected chi connectivity index (χ4v) is 2.10. The zero-order chi connectivity index (χ0) is 14.5. The maximum atomic E-state index is 12.2. The molecule has 2 aromatic heterocycles. The summed E-state index contributed by atoms with van der Waals surface area (Å²) in [5.41, 5.74) is 0.361. The Balaban J connectivity index is 2.51. The molecule has 0 fully saturated rings. The van der Waals surface area contributed by atoms with Crippen molar-refractivity contribution < 1.29 is 4.74 Å². The van der Waals surface area contributed by atoms with Gasteiger partial charge in [0.25, 0.3) is 5.56 Å². The van der Waals surface area contributed by atoms with Gasteiger partial charge in [-0.1, -0.05) is 0 Å². The van der Waals surface area contributed by atoms with E-state index < -0.39 is 0 Å². The Morgan fingerprint density at radius 3 is 3.10 bits per heavy atom. The largest absolute Gasteiger partial charge is 0.382 e. The number of H-pyrrole nitrogens is 1. The van der Waals surface area contributed by atoms with Gasteiger partial charge in [0, 0.05) is 31.3 Å². The van der Waals surface area contributed by atoms with E-state index in [2.05, 4.69) is 9.97 Å². The number of aryl methyl sites for hydroxylation is 1. The molecule has 6 nitrogen and oxygen atoms in total. The number of ether oxygens (including phenoxy) is 1. The Labute approximate surface area is 120 Å². The highest BCUT2D eigenvalue weighted by Gasteiger charge is 2.09. The number of fused-ring (bicyclic) bond motifs is 1. The first kappa shape index (κ1) is 14.4. The number of nitrogens with one attached hydrogen (secondary N) is 1. The Hall–Kier alpha value is -2.04. The van der Waals surface area contributed by atoms with Crippen molar-refractivity contribution in [1.82, 2.24) is 14.5 Å². The van der Waals surface area contributed by atoms with Crippen molar-refractivity contribution in [2.45, 2.75) is 19.9 Å². The zero-order valence-corrected chi connectivity index (χ0v) is 11.9. The van der Waals surface area contributed by atoms with Gasteiger partial charge in [-0.25, -0.2) is 4.98 Å². The normalized spacial score (nSPS) is 10.6. The van der Waals surface area contributed by atoms with Crippen LogP contribution in [0.5, 0.6) is 0 Å². The Bertz CT molecular complexity index is 773. The SMILES string of the molecule is CCOCCCn1c(=O)c(C#N)cc2cnc(=S)[nH]c21. The summed E-state index contributed by atoms with van der Waals surface area (Å²) < 4.78 is 7.09.